The molecule has 0 radical (unpaired) electrons. The van der Waals surface area contributed by atoms with Gasteiger partial charge >= 0.3 is 0 Å². The fourth-order valence-corrected chi connectivity index (χ4v) is 3.23. The van der Waals surface area contributed by atoms with Gasteiger partial charge in [0.05, 0.1) is 6.20 Å². The van der Waals surface area contributed by atoms with Crippen molar-refractivity contribution in [1.29, 1.82) is 0 Å². The van der Waals surface area contributed by atoms with Gasteiger partial charge in [-0.25, -0.2) is 9.37 Å². The molecular formula is C17H18FN5O2. The summed E-state index contributed by atoms with van der Waals surface area (Å²) in [6, 6.07) is 2.81. The van der Waals surface area contributed by atoms with Crippen LogP contribution in [0, 0.1) is 11.7 Å². The zero-order valence-electron chi connectivity index (χ0n) is 13.8. The van der Waals surface area contributed by atoms with Crippen LogP contribution in [-0.4, -0.2) is 24.9 Å². The zero-order chi connectivity index (χ0) is 17.4. The quantitative estimate of drug-likeness (QED) is 0.784. The highest BCUT2D eigenvalue weighted by Gasteiger charge is 2.22. The summed E-state index contributed by atoms with van der Waals surface area (Å²) in [6.07, 6.45) is 4.41. The minimum absolute atomic E-state index is 0.00336. The molecule has 1 aliphatic rings. The van der Waals surface area contributed by atoms with Crippen LogP contribution in [0.2, 0.25) is 0 Å². The van der Waals surface area contributed by atoms with Gasteiger partial charge < -0.3 is 4.52 Å². The van der Waals surface area contributed by atoms with Gasteiger partial charge in [-0.1, -0.05) is 12.1 Å². The number of H-pyrrole nitrogens is 1. The van der Waals surface area contributed by atoms with E-state index in [0.29, 0.717) is 36.3 Å². The molecule has 130 valence electrons. The van der Waals surface area contributed by atoms with Gasteiger partial charge in [-0.05, 0) is 37.3 Å². The molecule has 3 heterocycles. The van der Waals surface area contributed by atoms with E-state index in [9.17, 15) is 9.18 Å². The third kappa shape index (κ3) is 3.11. The number of hydrogen-bond acceptors (Lipinski definition) is 5. The zero-order valence-corrected chi connectivity index (χ0v) is 13.8. The summed E-state index contributed by atoms with van der Waals surface area (Å²) in [7, 11) is 0. The summed E-state index contributed by atoms with van der Waals surface area (Å²) in [6.45, 7) is 2.76. The summed E-state index contributed by atoms with van der Waals surface area (Å²) in [5, 5.41) is 6.79. The Kier molecular flexibility index (Phi) is 3.95. The molecule has 1 atom stereocenters. The molecule has 0 spiro atoms. The number of aromatic amines is 1. The highest BCUT2D eigenvalue weighted by molar-refractivity contribution is 5.47. The normalized spacial score (nSPS) is 16.8. The molecule has 25 heavy (non-hydrogen) atoms. The van der Waals surface area contributed by atoms with E-state index in [1.165, 1.54) is 12.1 Å². The lowest BCUT2D eigenvalue weighted by Gasteiger charge is -2.19. The summed E-state index contributed by atoms with van der Waals surface area (Å²) >= 11 is 0. The Balaban J connectivity index is 1.49. The van der Waals surface area contributed by atoms with Crippen molar-refractivity contribution in [2.24, 2.45) is 5.92 Å². The topological polar surface area (TPSA) is 89.6 Å². The molecule has 0 saturated carbocycles. The van der Waals surface area contributed by atoms with Crippen LogP contribution in [0.3, 0.4) is 0 Å². The first-order valence-corrected chi connectivity index (χ1v) is 8.35. The predicted molar refractivity (Wildman–Crippen MR) is 87.4 cm³/mol. The van der Waals surface area contributed by atoms with Gasteiger partial charge in [-0.2, -0.15) is 4.98 Å². The largest absolute Gasteiger partial charge is 0.339 e. The first kappa shape index (κ1) is 15.7. The highest BCUT2D eigenvalue weighted by Crippen LogP contribution is 2.23. The molecule has 3 aromatic heterocycles. The van der Waals surface area contributed by atoms with Crippen LogP contribution in [-0.2, 0) is 25.8 Å². The number of pyridine rings is 1. The lowest BCUT2D eigenvalue weighted by molar-refractivity contribution is 0.366. The fraction of sp³-hybridized carbons (Fsp3) is 0.412. The maximum absolute atomic E-state index is 12.9. The lowest BCUT2D eigenvalue weighted by Crippen LogP contribution is -2.17. The molecule has 0 aromatic carbocycles. The van der Waals surface area contributed by atoms with Crippen LogP contribution >= 0.6 is 0 Å². The van der Waals surface area contributed by atoms with E-state index < -0.39 is 5.82 Å². The van der Waals surface area contributed by atoms with Gasteiger partial charge in [-0.15, -0.1) is 0 Å². The van der Waals surface area contributed by atoms with Crippen molar-refractivity contribution in [2.45, 2.75) is 39.2 Å². The van der Waals surface area contributed by atoms with Gasteiger partial charge in [0.15, 0.2) is 0 Å². The van der Waals surface area contributed by atoms with Crippen LogP contribution in [0.4, 0.5) is 4.39 Å². The minimum atomic E-state index is -0.414. The van der Waals surface area contributed by atoms with Crippen LogP contribution in [0.25, 0.3) is 11.5 Å². The number of nitrogens with one attached hydrogen (secondary N) is 1. The van der Waals surface area contributed by atoms with Crippen molar-refractivity contribution >= 4 is 0 Å². The molecule has 0 saturated heterocycles. The number of halogens is 1. The van der Waals surface area contributed by atoms with Crippen molar-refractivity contribution in [2.75, 3.05) is 0 Å². The molecule has 4 rings (SSSR count). The van der Waals surface area contributed by atoms with Crippen molar-refractivity contribution in [3.63, 3.8) is 0 Å². The third-order valence-corrected chi connectivity index (χ3v) is 4.59. The molecular weight excluding hydrogens is 325 g/mol. The van der Waals surface area contributed by atoms with E-state index >= 15 is 0 Å². The number of aryl methyl sites for hydroxylation is 2. The van der Waals surface area contributed by atoms with E-state index in [1.54, 1.807) is 0 Å². The van der Waals surface area contributed by atoms with Crippen molar-refractivity contribution in [3.8, 4) is 11.5 Å². The van der Waals surface area contributed by atoms with E-state index in [4.69, 9.17) is 4.52 Å². The molecule has 0 fully saturated rings. The molecule has 1 aliphatic carbocycles. The van der Waals surface area contributed by atoms with Gasteiger partial charge in [0.2, 0.25) is 11.7 Å². The lowest BCUT2D eigenvalue weighted by atomic mass is 9.89. The monoisotopic (exact) mass is 343 g/mol. The standard InChI is InChI=1S/C17H18FN5O2/c1-10-2-4-12-14(8-10)23(21-17(12)24)7-6-15-20-16(22-25-15)13-5-3-11(18)9-19-13/h3,5,9-10H,2,4,6-8H2,1H3,(H,21,24). The van der Waals surface area contributed by atoms with Crippen molar-refractivity contribution in [1.82, 2.24) is 24.9 Å². The Labute approximate surface area is 142 Å². The smallest absolute Gasteiger partial charge is 0.267 e. The van der Waals surface area contributed by atoms with E-state index in [1.807, 2.05) is 4.68 Å². The number of fused-ring (bicyclic) bond motifs is 1. The molecule has 0 aliphatic heterocycles. The molecule has 3 aromatic rings. The van der Waals surface area contributed by atoms with Crippen LogP contribution in [0.15, 0.2) is 27.6 Å². The number of nitrogens with zero attached hydrogens (tertiary/aromatic N) is 4. The van der Waals surface area contributed by atoms with E-state index in [2.05, 4.69) is 27.1 Å². The average molecular weight is 343 g/mol. The maximum Gasteiger partial charge on any atom is 0.267 e. The third-order valence-electron chi connectivity index (χ3n) is 4.59. The second-order valence-corrected chi connectivity index (χ2v) is 6.49. The average Bonchev–Trinajstić information content (AvgIpc) is 3.19. The van der Waals surface area contributed by atoms with Gasteiger partial charge in [0.25, 0.3) is 5.56 Å². The number of hydrogen-bond donors (Lipinski definition) is 1. The maximum atomic E-state index is 12.9. The molecule has 1 N–H and O–H groups in total. The Morgan fingerprint density at radius 2 is 2.32 bits per heavy atom. The van der Waals surface area contributed by atoms with Crippen molar-refractivity contribution in [3.05, 3.63) is 51.6 Å². The molecule has 8 heteroatoms. The van der Waals surface area contributed by atoms with E-state index in [-0.39, 0.29) is 5.56 Å². The number of rotatable bonds is 4. The molecule has 7 nitrogen and oxygen atoms in total. The van der Waals surface area contributed by atoms with Crippen LogP contribution in [0.1, 0.15) is 30.5 Å². The Morgan fingerprint density at radius 1 is 1.44 bits per heavy atom. The summed E-state index contributed by atoms with van der Waals surface area (Å²) in [4.78, 5) is 20.3. The van der Waals surface area contributed by atoms with Gasteiger partial charge in [-0.3, -0.25) is 14.6 Å². The van der Waals surface area contributed by atoms with Gasteiger partial charge in [0, 0.05) is 24.2 Å². The first-order chi connectivity index (χ1) is 12.1. The summed E-state index contributed by atoms with van der Waals surface area (Å²) in [5.74, 6) is 0.941. The Hall–Kier alpha value is -2.77. The molecule has 1 unspecified atom stereocenters. The highest BCUT2D eigenvalue weighted by atomic mass is 19.1. The number of aromatic nitrogens is 5. The Morgan fingerprint density at radius 3 is 3.12 bits per heavy atom. The molecule has 0 bridgehead atoms. The summed E-state index contributed by atoms with van der Waals surface area (Å²) in [5.41, 5.74) is 2.45. The van der Waals surface area contributed by atoms with Gasteiger partial charge in [0.1, 0.15) is 11.5 Å². The SMILES string of the molecule is CC1CCc2c(n(CCc3nc(-c4ccc(F)cn4)no3)[nH]c2=O)C1. The first-order valence-electron chi connectivity index (χ1n) is 8.35. The summed E-state index contributed by atoms with van der Waals surface area (Å²) < 4.78 is 20.1. The molecule has 0 amide bonds. The fourth-order valence-electron chi connectivity index (χ4n) is 3.23. The van der Waals surface area contributed by atoms with Crippen LogP contribution < -0.4 is 5.56 Å². The van der Waals surface area contributed by atoms with Crippen LogP contribution in [0.5, 0.6) is 0 Å². The van der Waals surface area contributed by atoms with E-state index in [0.717, 1.165) is 36.7 Å². The second-order valence-electron chi connectivity index (χ2n) is 6.49. The van der Waals surface area contributed by atoms with Crippen molar-refractivity contribution < 1.29 is 8.91 Å². The Bertz CT molecular complexity index is 941. The predicted octanol–water partition coefficient (Wildman–Crippen LogP) is 2.13. The second kappa shape index (κ2) is 6.27. The minimum Gasteiger partial charge on any atom is -0.339 e.